The molecule has 0 bridgehead atoms. The van der Waals surface area contributed by atoms with Gasteiger partial charge in [-0.1, -0.05) is 29.8 Å². The summed E-state index contributed by atoms with van der Waals surface area (Å²) in [6.45, 7) is 2.90. The first-order chi connectivity index (χ1) is 15.6. The van der Waals surface area contributed by atoms with Crippen molar-refractivity contribution in [3.05, 3.63) is 76.2 Å². The van der Waals surface area contributed by atoms with E-state index in [0.717, 1.165) is 12.1 Å². The summed E-state index contributed by atoms with van der Waals surface area (Å²) in [5, 5.41) is 0.0580. The summed E-state index contributed by atoms with van der Waals surface area (Å²) in [5.41, 5.74) is 0.119. The van der Waals surface area contributed by atoms with E-state index >= 15 is 0 Å². The second-order valence-electron chi connectivity index (χ2n) is 7.65. The molecule has 0 unspecified atom stereocenters. The molecule has 0 atom stereocenters. The summed E-state index contributed by atoms with van der Waals surface area (Å²) in [7, 11) is 0. The van der Waals surface area contributed by atoms with Crippen LogP contribution in [0.4, 0.5) is 23.5 Å². The largest absolute Gasteiger partial charge is 0.416 e. The molecule has 1 saturated heterocycles. The minimum atomic E-state index is -4.45. The van der Waals surface area contributed by atoms with Crippen LogP contribution in [0.1, 0.15) is 21.5 Å². The fourth-order valence-electron chi connectivity index (χ4n) is 3.64. The van der Waals surface area contributed by atoms with Crippen molar-refractivity contribution < 1.29 is 22.4 Å². The molecule has 2 aromatic carbocycles. The van der Waals surface area contributed by atoms with E-state index in [9.17, 15) is 22.4 Å². The molecule has 1 aromatic heterocycles. The number of alkyl halides is 3. The van der Waals surface area contributed by atoms with Gasteiger partial charge < -0.3 is 9.80 Å². The third-order valence-electron chi connectivity index (χ3n) is 5.48. The Kier molecular flexibility index (Phi) is 6.25. The molecule has 0 aliphatic carbocycles. The Morgan fingerprint density at radius 2 is 1.79 bits per heavy atom. The number of hydrogen-bond acceptors (Lipinski definition) is 4. The van der Waals surface area contributed by atoms with Crippen LogP contribution in [0.5, 0.6) is 0 Å². The first-order valence-electron chi connectivity index (χ1n) is 10.1. The lowest BCUT2D eigenvalue weighted by molar-refractivity contribution is -0.137. The fourth-order valence-corrected chi connectivity index (χ4v) is 3.86. The maximum atomic E-state index is 14.5. The Hall–Kier alpha value is -3.20. The minimum absolute atomic E-state index is 0.0580. The number of piperazine rings is 1. The first kappa shape index (κ1) is 23.0. The van der Waals surface area contributed by atoms with Crippen molar-refractivity contribution in [2.75, 3.05) is 31.1 Å². The Balaban J connectivity index is 1.49. The summed E-state index contributed by atoms with van der Waals surface area (Å²) in [6.07, 6.45) is -2.97. The number of aryl methyl sites for hydroxylation is 1. The maximum absolute atomic E-state index is 14.5. The molecule has 4 rings (SSSR count). The highest BCUT2D eigenvalue weighted by Gasteiger charge is 2.31. The van der Waals surface area contributed by atoms with Crippen LogP contribution >= 0.6 is 11.6 Å². The number of nitrogens with zero attached hydrogens (tertiary/aromatic N) is 4. The minimum Gasteiger partial charge on any atom is -0.337 e. The Bertz CT molecular complexity index is 1190. The Morgan fingerprint density at radius 1 is 1.06 bits per heavy atom. The molecule has 5 nitrogen and oxygen atoms in total. The van der Waals surface area contributed by atoms with Crippen molar-refractivity contribution >= 4 is 23.5 Å². The standard InChI is InChI=1S/C23H19ClF4N4O/c1-14-5-6-17(24)19(20(14)25)21(33)31-9-11-32(12-10-31)22-29-8-7-18(30-22)15-3-2-4-16(13-15)23(26,27)28/h2-8,13H,9-12H2,1H3. The molecule has 1 aliphatic rings. The lowest BCUT2D eigenvalue weighted by atomic mass is 10.1. The second kappa shape index (κ2) is 8.97. The van der Waals surface area contributed by atoms with Gasteiger partial charge in [0.05, 0.1) is 21.8 Å². The molecule has 172 valence electrons. The smallest absolute Gasteiger partial charge is 0.337 e. The van der Waals surface area contributed by atoms with E-state index in [1.54, 1.807) is 19.1 Å². The molecule has 0 saturated carbocycles. The summed E-state index contributed by atoms with van der Waals surface area (Å²) >= 11 is 6.07. The number of carbonyl (C=O) groups excluding carboxylic acids is 1. The van der Waals surface area contributed by atoms with Crippen molar-refractivity contribution in [3.63, 3.8) is 0 Å². The lowest BCUT2D eigenvalue weighted by Gasteiger charge is -2.35. The molecule has 1 amide bonds. The number of benzene rings is 2. The van der Waals surface area contributed by atoms with Gasteiger partial charge in [-0.25, -0.2) is 14.4 Å². The quantitative estimate of drug-likeness (QED) is 0.484. The van der Waals surface area contributed by atoms with Crippen LogP contribution in [0.15, 0.2) is 48.7 Å². The third-order valence-corrected chi connectivity index (χ3v) is 5.79. The molecule has 2 heterocycles. The van der Waals surface area contributed by atoms with Crippen molar-refractivity contribution in [3.8, 4) is 11.3 Å². The van der Waals surface area contributed by atoms with Gasteiger partial charge in [-0.05, 0) is 36.8 Å². The second-order valence-corrected chi connectivity index (χ2v) is 8.06. The zero-order valence-corrected chi connectivity index (χ0v) is 18.3. The summed E-state index contributed by atoms with van der Waals surface area (Å²) in [6, 6.07) is 9.49. The van der Waals surface area contributed by atoms with Crippen molar-refractivity contribution in [1.82, 2.24) is 14.9 Å². The normalized spacial score (nSPS) is 14.5. The zero-order chi connectivity index (χ0) is 23.8. The highest BCUT2D eigenvalue weighted by molar-refractivity contribution is 6.33. The number of halogens is 5. The van der Waals surface area contributed by atoms with E-state index < -0.39 is 23.5 Å². The summed E-state index contributed by atoms with van der Waals surface area (Å²) in [5.74, 6) is -0.775. The van der Waals surface area contributed by atoms with Crippen LogP contribution in [0.2, 0.25) is 5.02 Å². The van der Waals surface area contributed by atoms with Gasteiger partial charge in [-0.3, -0.25) is 4.79 Å². The zero-order valence-electron chi connectivity index (χ0n) is 17.5. The molecule has 0 N–H and O–H groups in total. The van der Waals surface area contributed by atoms with Crippen LogP contribution in [-0.4, -0.2) is 47.0 Å². The first-order valence-corrected chi connectivity index (χ1v) is 10.5. The molecule has 0 spiro atoms. The van der Waals surface area contributed by atoms with Gasteiger partial charge in [-0.15, -0.1) is 0 Å². The van der Waals surface area contributed by atoms with Crippen LogP contribution in [0.25, 0.3) is 11.3 Å². The lowest BCUT2D eigenvalue weighted by Crippen LogP contribution is -2.49. The monoisotopic (exact) mass is 478 g/mol. The fraction of sp³-hybridized carbons (Fsp3) is 0.261. The van der Waals surface area contributed by atoms with E-state index in [2.05, 4.69) is 9.97 Å². The SMILES string of the molecule is Cc1ccc(Cl)c(C(=O)N2CCN(c3nccc(-c4cccc(C(F)(F)F)c4)n3)CC2)c1F. The van der Waals surface area contributed by atoms with Gasteiger partial charge in [-0.2, -0.15) is 13.2 Å². The van der Waals surface area contributed by atoms with Gasteiger partial charge in [0.1, 0.15) is 5.82 Å². The van der Waals surface area contributed by atoms with Gasteiger partial charge in [0.15, 0.2) is 0 Å². The number of rotatable bonds is 3. The van der Waals surface area contributed by atoms with Gasteiger partial charge >= 0.3 is 6.18 Å². The van der Waals surface area contributed by atoms with Crippen LogP contribution in [-0.2, 0) is 6.18 Å². The topological polar surface area (TPSA) is 49.3 Å². The number of hydrogen-bond donors (Lipinski definition) is 0. The molecule has 10 heteroatoms. The van der Waals surface area contributed by atoms with Crippen LogP contribution in [0.3, 0.4) is 0 Å². The predicted octanol–water partition coefficient (Wildman–Crippen LogP) is 5.23. The number of anilines is 1. The van der Waals surface area contributed by atoms with Crippen molar-refractivity contribution in [2.45, 2.75) is 13.1 Å². The van der Waals surface area contributed by atoms with E-state index in [1.807, 2.05) is 4.90 Å². The van der Waals surface area contributed by atoms with E-state index in [0.29, 0.717) is 48.9 Å². The summed E-state index contributed by atoms with van der Waals surface area (Å²) in [4.78, 5) is 24.8. The van der Waals surface area contributed by atoms with Crippen molar-refractivity contribution in [2.24, 2.45) is 0 Å². The number of aromatic nitrogens is 2. The molecule has 1 fully saturated rings. The molecule has 3 aromatic rings. The van der Waals surface area contributed by atoms with Gasteiger partial charge in [0, 0.05) is 37.9 Å². The molecule has 1 aliphatic heterocycles. The molecule has 0 radical (unpaired) electrons. The van der Waals surface area contributed by atoms with E-state index in [4.69, 9.17) is 11.6 Å². The highest BCUT2D eigenvalue weighted by atomic mass is 35.5. The Labute approximate surface area is 192 Å². The predicted molar refractivity (Wildman–Crippen MR) is 117 cm³/mol. The average molecular weight is 479 g/mol. The maximum Gasteiger partial charge on any atom is 0.416 e. The average Bonchev–Trinajstić information content (AvgIpc) is 2.81. The highest BCUT2D eigenvalue weighted by Crippen LogP contribution is 2.32. The van der Waals surface area contributed by atoms with Crippen LogP contribution in [0, 0.1) is 12.7 Å². The third kappa shape index (κ3) is 4.78. The van der Waals surface area contributed by atoms with E-state index in [1.165, 1.54) is 29.3 Å². The van der Waals surface area contributed by atoms with E-state index in [-0.39, 0.29) is 10.6 Å². The number of amides is 1. The van der Waals surface area contributed by atoms with Gasteiger partial charge in [0.2, 0.25) is 5.95 Å². The van der Waals surface area contributed by atoms with Crippen LogP contribution < -0.4 is 4.90 Å². The number of carbonyl (C=O) groups is 1. The molecule has 33 heavy (non-hydrogen) atoms. The molecular weight excluding hydrogens is 460 g/mol. The summed E-state index contributed by atoms with van der Waals surface area (Å²) < 4.78 is 53.6. The van der Waals surface area contributed by atoms with Crippen molar-refractivity contribution in [1.29, 1.82) is 0 Å². The van der Waals surface area contributed by atoms with Gasteiger partial charge in [0.25, 0.3) is 5.91 Å². The molecular formula is C23H19ClF4N4O. The Morgan fingerprint density at radius 3 is 2.48 bits per heavy atom.